The highest BCUT2D eigenvalue weighted by Gasteiger charge is 2.28. The van der Waals surface area contributed by atoms with Gasteiger partial charge in [-0.2, -0.15) is 0 Å². The number of fused-ring (bicyclic) bond motifs is 1. The minimum Gasteiger partial charge on any atom is -0.467 e. The number of likely N-dealkylation sites (tertiary alicyclic amines) is 1. The highest BCUT2D eigenvalue weighted by molar-refractivity contribution is 6.06. The van der Waals surface area contributed by atoms with Crippen LogP contribution in [-0.2, 0) is 11.3 Å². The minimum absolute atomic E-state index is 0.0103. The van der Waals surface area contributed by atoms with Crippen LogP contribution >= 0.6 is 0 Å². The molecule has 2 aromatic heterocycles. The number of hydrogen-bond acceptors (Lipinski definition) is 4. The number of carbonyl (C=O) groups is 2. The predicted octanol–water partition coefficient (Wildman–Crippen LogP) is 3.30. The summed E-state index contributed by atoms with van der Waals surface area (Å²) in [6.45, 7) is 3.45. The number of para-hydroxylation sites is 1. The Bertz CT molecular complexity index is 989. The standard InChI is InChI=1S/C22H23N3O3/c1-15-13-19(18-6-2-3-7-20(18)24-15)22(27)25-10-8-16(9-11-25)21(26)23-14-17-5-4-12-28-17/h2-7,12-13,16H,8-11,14H2,1H3,(H,23,26). The lowest BCUT2D eigenvalue weighted by Gasteiger charge is -2.31. The lowest BCUT2D eigenvalue weighted by molar-refractivity contribution is -0.126. The quantitative estimate of drug-likeness (QED) is 0.757. The van der Waals surface area contributed by atoms with Crippen molar-refractivity contribution in [3.05, 3.63) is 65.7 Å². The number of pyridine rings is 1. The van der Waals surface area contributed by atoms with E-state index in [1.807, 2.05) is 48.2 Å². The van der Waals surface area contributed by atoms with Crippen molar-refractivity contribution in [3.8, 4) is 0 Å². The molecular weight excluding hydrogens is 354 g/mol. The lowest BCUT2D eigenvalue weighted by atomic mass is 9.95. The molecule has 1 saturated heterocycles. The maximum Gasteiger partial charge on any atom is 0.254 e. The molecule has 1 N–H and O–H groups in total. The largest absolute Gasteiger partial charge is 0.467 e. The molecule has 1 fully saturated rings. The van der Waals surface area contributed by atoms with Crippen LogP contribution in [-0.4, -0.2) is 34.8 Å². The third kappa shape index (κ3) is 3.76. The third-order valence-corrected chi connectivity index (χ3v) is 5.24. The summed E-state index contributed by atoms with van der Waals surface area (Å²) < 4.78 is 5.24. The van der Waals surface area contributed by atoms with E-state index >= 15 is 0 Å². The van der Waals surface area contributed by atoms with E-state index in [1.165, 1.54) is 0 Å². The number of rotatable bonds is 4. The van der Waals surface area contributed by atoms with Gasteiger partial charge in [0.25, 0.3) is 5.91 Å². The third-order valence-electron chi connectivity index (χ3n) is 5.24. The molecule has 144 valence electrons. The van der Waals surface area contributed by atoms with E-state index < -0.39 is 0 Å². The van der Waals surface area contributed by atoms with Gasteiger partial charge in [-0.15, -0.1) is 0 Å². The number of nitrogens with zero attached hydrogens (tertiary/aromatic N) is 2. The van der Waals surface area contributed by atoms with E-state index in [0.717, 1.165) is 22.4 Å². The molecule has 4 rings (SSSR count). The number of furan rings is 1. The van der Waals surface area contributed by atoms with Gasteiger partial charge in [-0.05, 0) is 44.0 Å². The molecule has 2 amide bonds. The Morgan fingerprint density at radius 1 is 1.18 bits per heavy atom. The van der Waals surface area contributed by atoms with Gasteiger partial charge < -0.3 is 14.6 Å². The highest BCUT2D eigenvalue weighted by Crippen LogP contribution is 2.23. The molecule has 0 aliphatic carbocycles. The number of carbonyl (C=O) groups excluding carboxylic acids is 2. The molecule has 3 heterocycles. The van der Waals surface area contributed by atoms with Crippen molar-refractivity contribution < 1.29 is 14.0 Å². The average Bonchev–Trinajstić information content (AvgIpc) is 3.24. The van der Waals surface area contributed by atoms with Crippen molar-refractivity contribution in [2.75, 3.05) is 13.1 Å². The lowest BCUT2D eigenvalue weighted by Crippen LogP contribution is -2.43. The number of nitrogens with one attached hydrogen (secondary N) is 1. The number of amides is 2. The van der Waals surface area contributed by atoms with E-state index in [-0.39, 0.29) is 17.7 Å². The van der Waals surface area contributed by atoms with E-state index in [4.69, 9.17) is 4.42 Å². The fourth-order valence-corrected chi connectivity index (χ4v) is 3.73. The van der Waals surface area contributed by atoms with Crippen molar-refractivity contribution >= 4 is 22.7 Å². The van der Waals surface area contributed by atoms with Crippen molar-refractivity contribution in [2.45, 2.75) is 26.3 Å². The van der Waals surface area contributed by atoms with Crippen molar-refractivity contribution in [1.82, 2.24) is 15.2 Å². The van der Waals surface area contributed by atoms with E-state index in [2.05, 4.69) is 10.3 Å². The van der Waals surface area contributed by atoms with Gasteiger partial charge in [0, 0.05) is 30.1 Å². The summed E-state index contributed by atoms with van der Waals surface area (Å²) in [7, 11) is 0. The molecule has 6 nitrogen and oxygen atoms in total. The van der Waals surface area contributed by atoms with E-state index in [1.54, 1.807) is 12.3 Å². The topological polar surface area (TPSA) is 75.4 Å². The zero-order chi connectivity index (χ0) is 19.5. The van der Waals surface area contributed by atoms with Gasteiger partial charge in [0.2, 0.25) is 5.91 Å². The smallest absolute Gasteiger partial charge is 0.254 e. The van der Waals surface area contributed by atoms with Crippen LogP contribution in [0.25, 0.3) is 10.9 Å². The maximum absolute atomic E-state index is 13.1. The summed E-state index contributed by atoms with van der Waals surface area (Å²) in [6.07, 6.45) is 2.92. The molecule has 0 bridgehead atoms. The molecule has 0 unspecified atom stereocenters. The molecule has 0 radical (unpaired) electrons. The molecule has 1 aromatic carbocycles. The SMILES string of the molecule is Cc1cc(C(=O)N2CCC(C(=O)NCc3ccco3)CC2)c2ccccc2n1. The van der Waals surface area contributed by atoms with Gasteiger partial charge in [0.05, 0.1) is 23.9 Å². The molecule has 28 heavy (non-hydrogen) atoms. The molecule has 0 spiro atoms. The second kappa shape index (κ2) is 7.84. The molecule has 3 aromatic rings. The summed E-state index contributed by atoms with van der Waals surface area (Å²) in [4.78, 5) is 31.9. The normalized spacial score (nSPS) is 15.0. The number of hydrogen-bond donors (Lipinski definition) is 1. The fraction of sp³-hybridized carbons (Fsp3) is 0.318. The first-order valence-corrected chi connectivity index (χ1v) is 9.57. The molecular formula is C22H23N3O3. The minimum atomic E-state index is -0.0741. The number of piperidine rings is 1. The summed E-state index contributed by atoms with van der Waals surface area (Å²) in [5.74, 6) is 0.695. The zero-order valence-corrected chi connectivity index (χ0v) is 15.9. The van der Waals surface area contributed by atoms with Gasteiger partial charge in [0.15, 0.2) is 0 Å². The van der Waals surface area contributed by atoms with Gasteiger partial charge in [0.1, 0.15) is 5.76 Å². The fourth-order valence-electron chi connectivity index (χ4n) is 3.73. The number of aryl methyl sites for hydroxylation is 1. The van der Waals surface area contributed by atoms with Gasteiger partial charge in [-0.3, -0.25) is 14.6 Å². The zero-order valence-electron chi connectivity index (χ0n) is 15.9. The van der Waals surface area contributed by atoms with Crippen LogP contribution in [0.4, 0.5) is 0 Å². The first-order chi connectivity index (χ1) is 13.6. The first kappa shape index (κ1) is 18.2. The summed E-state index contributed by atoms with van der Waals surface area (Å²) in [5, 5.41) is 3.79. The van der Waals surface area contributed by atoms with Crippen molar-refractivity contribution in [1.29, 1.82) is 0 Å². The summed E-state index contributed by atoms with van der Waals surface area (Å²) in [5.41, 5.74) is 2.34. The second-order valence-corrected chi connectivity index (χ2v) is 7.19. The molecule has 0 atom stereocenters. The summed E-state index contributed by atoms with van der Waals surface area (Å²) >= 11 is 0. The second-order valence-electron chi connectivity index (χ2n) is 7.19. The Labute approximate surface area is 163 Å². The summed E-state index contributed by atoms with van der Waals surface area (Å²) in [6, 6.07) is 13.2. The van der Waals surface area contributed by atoms with Crippen LogP contribution in [0.2, 0.25) is 0 Å². The van der Waals surface area contributed by atoms with E-state index in [0.29, 0.717) is 38.0 Å². The first-order valence-electron chi connectivity index (χ1n) is 9.57. The van der Waals surface area contributed by atoms with Crippen LogP contribution in [0.15, 0.2) is 53.1 Å². The van der Waals surface area contributed by atoms with Crippen LogP contribution < -0.4 is 5.32 Å². The van der Waals surface area contributed by atoms with Crippen LogP contribution in [0.1, 0.15) is 34.7 Å². The van der Waals surface area contributed by atoms with Gasteiger partial charge in [-0.1, -0.05) is 18.2 Å². The van der Waals surface area contributed by atoms with Crippen LogP contribution in [0.5, 0.6) is 0 Å². The molecule has 0 saturated carbocycles. The molecule has 1 aliphatic rings. The average molecular weight is 377 g/mol. The monoisotopic (exact) mass is 377 g/mol. The maximum atomic E-state index is 13.1. The van der Waals surface area contributed by atoms with Gasteiger partial charge in [-0.25, -0.2) is 0 Å². The van der Waals surface area contributed by atoms with E-state index in [9.17, 15) is 9.59 Å². The molecule has 1 aliphatic heterocycles. The Balaban J connectivity index is 1.40. The molecule has 6 heteroatoms. The Hall–Kier alpha value is -3.15. The van der Waals surface area contributed by atoms with Crippen molar-refractivity contribution in [2.24, 2.45) is 5.92 Å². The predicted molar refractivity (Wildman–Crippen MR) is 106 cm³/mol. The Morgan fingerprint density at radius 3 is 2.71 bits per heavy atom. The highest BCUT2D eigenvalue weighted by atomic mass is 16.3. The van der Waals surface area contributed by atoms with Crippen LogP contribution in [0.3, 0.4) is 0 Å². The van der Waals surface area contributed by atoms with Gasteiger partial charge >= 0.3 is 0 Å². The number of benzene rings is 1. The number of aromatic nitrogens is 1. The van der Waals surface area contributed by atoms with Crippen LogP contribution in [0, 0.1) is 12.8 Å². The Morgan fingerprint density at radius 2 is 1.96 bits per heavy atom. The Kier molecular flexibility index (Phi) is 5.10. The van der Waals surface area contributed by atoms with Crippen molar-refractivity contribution in [3.63, 3.8) is 0 Å².